The van der Waals surface area contributed by atoms with E-state index in [4.69, 9.17) is 21.4 Å². The molecule has 1 aromatic rings. The topological polar surface area (TPSA) is 75.6 Å². The van der Waals surface area contributed by atoms with Gasteiger partial charge in [0.15, 0.2) is 0 Å². The Morgan fingerprint density at radius 2 is 2.05 bits per heavy atom. The highest BCUT2D eigenvalue weighted by Gasteiger charge is 2.17. The van der Waals surface area contributed by atoms with Gasteiger partial charge < -0.3 is 15.2 Å². The molecule has 20 heavy (non-hydrogen) atoms. The van der Waals surface area contributed by atoms with Crippen molar-refractivity contribution in [3.05, 3.63) is 28.8 Å². The van der Waals surface area contributed by atoms with E-state index in [0.29, 0.717) is 5.69 Å². The van der Waals surface area contributed by atoms with E-state index in [-0.39, 0.29) is 29.2 Å². The third-order valence-electron chi connectivity index (χ3n) is 3.24. The minimum atomic E-state index is -1.10. The van der Waals surface area contributed by atoms with E-state index < -0.39 is 5.97 Å². The number of rotatable bonds is 5. The van der Waals surface area contributed by atoms with Crippen molar-refractivity contribution in [2.24, 2.45) is 0 Å². The highest BCUT2D eigenvalue weighted by atomic mass is 35.5. The summed E-state index contributed by atoms with van der Waals surface area (Å²) in [6.45, 7) is 0.00294. The van der Waals surface area contributed by atoms with Crippen molar-refractivity contribution in [2.45, 2.75) is 31.8 Å². The molecule has 0 aromatic heterocycles. The molecule has 0 bridgehead atoms. The van der Waals surface area contributed by atoms with Gasteiger partial charge >= 0.3 is 5.97 Å². The van der Waals surface area contributed by atoms with Crippen LogP contribution in [0.3, 0.4) is 0 Å². The van der Waals surface area contributed by atoms with Gasteiger partial charge in [0.05, 0.1) is 16.7 Å². The third-order valence-corrected chi connectivity index (χ3v) is 3.55. The van der Waals surface area contributed by atoms with Gasteiger partial charge in [-0.05, 0) is 31.0 Å². The molecule has 108 valence electrons. The van der Waals surface area contributed by atoms with Gasteiger partial charge in [0, 0.05) is 5.69 Å². The molecule has 0 saturated heterocycles. The molecule has 0 aliphatic heterocycles. The minimum Gasteiger partial charge on any atom is -0.478 e. The van der Waals surface area contributed by atoms with Crippen molar-refractivity contribution in [3.63, 3.8) is 0 Å². The van der Waals surface area contributed by atoms with E-state index in [0.717, 1.165) is 25.7 Å². The molecule has 1 fully saturated rings. The zero-order valence-corrected chi connectivity index (χ0v) is 11.7. The van der Waals surface area contributed by atoms with Crippen LogP contribution in [0.2, 0.25) is 5.02 Å². The van der Waals surface area contributed by atoms with Crippen LogP contribution in [0.15, 0.2) is 18.2 Å². The number of amides is 1. The standard InChI is InChI=1S/C14H16ClNO4/c15-12-7-9(5-6-11(12)14(18)19)16-13(17)8-20-10-3-1-2-4-10/h5-7,10H,1-4,8H2,(H,16,17)(H,18,19). The van der Waals surface area contributed by atoms with E-state index in [9.17, 15) is 9.59 Å². The lowest BCUT2D eigenvalue weighted by Gasteiger charge is -2.11. The molecule has 1 aliphatic carbocycles. The zero-order valence-electron chi connectivity index (χ0n) is 10.9. The summed E-state index contributed by atoms with van der Waals surface area (Å²) in [6.07, 6.45) is 4.49. The van der Waals surface area contributed by atoms with Gasteiger partial charge in [0.2, 0.25) is 5.91 Å². The average molecular weight is 298 g/mol. The first-order chi connectivity index (χ1) is 9.56. The van der Waals surface area contributed by atoms with Crippen molar-refractivity contribution in [1.29, 1.82) is 0 Å². The van der Waals surface area contributed by atoms with Gasteiger partial charge in [-0.1, -0.05) is 24.4 Å². The number of carbonyl (C=O) groups excluding carboxylic acids is 1. The average Bonchev–Trinajstić information content (AvgIpc) is 2.89. The molecular formula is C14H16ClNO4. The summed E-state index contributed by atoms with van der Waals surface area (Å²) in [5, 5.41) is 11.6. The molecule has 0 radical (unpaired) electrons. The van der Waals surface area contributed by atoms with Crippen molar-refractivity contribution in [3.8, 4) is 0 Å². The molecule has 1 amide bonds. The molecule has 0 spiro atoms. The molecule has 6 heteroatoms. The summed E-state index contributed by atoms with van der Waals surface area (Å²) in [5.74, 6) is -1.37. The van der Waals surface area contributed by atoms with Gasteiger partial charge in [-0.15, -0.1) is 0 Å². The fourth-order valence-electron chi connectivity index (χ4n) is 2.21. The monoisotopic (exact) mass is 297 g/mol. The quantitative estimate of drug-likeness (QED) is 0.876. The molecule has 2 N–H and O–H groups in total. The fraction of sp³-hybridized carbons (Fsp3) is 0.429. The molecular weight excluding hydrogens is 282 g/mol. The Morgan fingerprint density at radius 3 is 2.65 bits per heavy atom. The lowest BCUT2D eigenvalue weighted by Crippen LogP contribution is -2.21. The Labute approximate surface area is 121 Å². The van der Waals surface area contributed by atoms with Crippen molar-refractivity contribution in [2.75, 3.05) is 11.9 Å². The minimum absolute atomic E-state index is 0.00294. The summed E-state index contributed by atoms with van der Waals surface area (Å²) < 4.78 is 5.49. The number of hydrogen-bond acceptors (Lipinski definition) is 3. The molecule has 0 atom stereocenters. The van der Waals surface area contributed by atoms with E-state index in [2.05, 4.69) is 5.32 Å². The van der Waals surface area contributed by atoms with Crippen LogP contribution < -0.4 is 5.32 Å². The highest BCUT2D eigenvalue weighted by molar-refractivity contribution is 6.33. The van der Waals surface area contributed by atoms with Crippen molar-refractivity contribution < 1.29 is 19.4 Å². The second-order valence-electron chi connectivity index (χ2n) is 4.77. The van der Waals surface area contributed by atoms with Gasteiger partial charge in [-0.3, -0.25) is 4.79 Å². The molecule has 5 nitrogen and oxygen atoms in total. The van der Waals surface area contributed by atoms with Gasteiger partial charge in [0.1, 0.15) is 6.61 Å². The highest BCUT2D eigenvalue weighted by Crippen LogP contribution is 2.22. The maximum absolute atomic E-state index is 11.7. The Balaban J connectivity index is 1.87. The number of benzene rings is 1. The van der Waals surface area contributed by atoms with Crippen molar-refractivity contribution in [1.82, 2.24) is 0 Å². The maximum atomic E-state index is 11.7. The van der Waals surface area contributed by atoms with Gasteiger partial charge in [-0.25, -0.2) is 4.79 Å². The Kier molecular flexibility index (Phi) is 4.98. The summed E-state index contributed by atoms with van der Waals surface area (Å²) in [4.78, 5) is 22.5. The normalized spacial score (nSPS) is 15.2. The summed E-state index contributed by atoms with van der Waals surface area (Å²) in [6, 6.07) is 4.28. The molecule has 1 aromatic carbocycles. The van der Waals surface area contributed by atoms with Crippen molar-refractivity contribution >= 4 is 29.2 Å². The lowest BCUT2D eigenvalue weighted by molar-refractivity contribution is -0.122. The predicted octanol–water partition coefficient (Wildman–Crippen LogP) is 2.94. The molecule has 0 unspecified atom stereocenters. The SMILES string of the molecule is O=C(COC1CCCC1)Nc1ccc(C(=O)O)c(Cl)c1. The molecule has 1 saturated carbocycles. The number of ether oxygens (including phenoxy) is 1. The van der Waals surface area contributed by atoms with Crippen LogP contribution in [0.4, 0.5) is 5.69 Å². The molecule has 2 rings (SSSR count). The number of anilines is 1. The maximum Gasteiger partial charge on any atom is 0.337 e. The number of halogens is 1. The van der Waals surface area contributed by atoms with Crippen LogP contribution in [-0.2, 0) is 9.53 Å². The van der Waals surface area contributed by atoms with Crippen LogP contribution in [0.5, 0.6) is 0 Å². The third kappa shape index (κ3) is 3.95. The predicted molar refractivity (Wildman–Crippen MR) is 75.2 cm³/mol. The van der Waals surface area contributed by atoms with E-state index in [1.165, 1.54) is 18.2 Å². The zero-order chi connectivity index (χ0) is 14.5. The number of carboxylic acids is 1. The number of nitrogens with one attached hydrogen (secondary N) is 1. The van der Waals surface area contributed by atoms with E-state index in [1.807, 2.05) is 0 Å². The van der Waals surface area contributed by atoms with E-state index >= 15 is 0 Å². The van der Waals surface area contributed by atoms with E-state index in [1.54, 1.807) is 0 Å². The molecule has 1 aliphatic rings. The lowest BCUT2D eigenvalue weighted by atomic mass is 10.2. The van der Waals surface area contributed by atoms with Crippen LogP contribution in [0, 0.1) is 0 Å². The molecule has 0 heterocycles. The van der Waals surface area contributed by atoms with Gasteiger partial charge in [-0.2, -0.15) is 0 Å². The first-order valence-electron chi connectivity index (χ1n) is 6.50. The number of carbonyl (C=O) groups is 2. The second kappa shape index (κ2) is 6.72. The van der Waals surface area contributed by atoms with Crippen LogP contribution >= 0.6 is 11.6 Å². The summed E-state index contributed by atoms with van der Waals surface area (Å²) in [5.41, 5.74) is 0.465. The van der Waals surface area contributed by atoms with Crippen LogP contribution in [0.1, 0.15) is 36.0 Å². The van der Waals surface area contributed by atoms with Gasteiger partial charge in [0.25, 0.3) is 0 Å². The first kappa shape index (κ1) is 14.8. The fourth-order valence-corrected chi connectivity index (χ4v) is 2.47. The largest absolute Gasteiger partial charge is 0.478 e. The number of hydrogen-bond donors (Lipinski definition) is 2. The Bertz CT molecular complexity index is 512. The number of aromatic carboxylic acids is 1. The first-order valence-corrected chi connectivity index (χ1v) is 6.88. The summed E-state index contributed by atoms with van der Waals surface area (Å²) in [7, 11) is 0. The number of carboxylic acid groups (broad SMARTS) is 1. The smallest absolute Gasteiger partial charge is 0.337 e. The Hall–Kier alpha value is -1.59. The summed E-state index contributed by atoms with van der Waals surface area (Å²) >= 11 is 5.83. The van der Waals surface area contributed by atoms with Crippen LogP contribution in [0.25, 0.3) is 0 Å². The second-order valence-corrected chi connectivity index (χ2v) is 5.17. The Morgan fingerprint density at radius 1 is 1.35 bits per heavy atom. The van der Waals surface area contributed by atoms with Crippen LogP contribution in [-0.4, -0.2) is 29.7 Å².